The van der Waals surface area contributed by atoms with Crippen molar-refractivity contribution in [2.45, 2.75) is 13.8 Å². The van der Waals surface area contributed by atoms with E-state index in [4.69, 9.17) is 23.8 Å². The van der Waals surface area contributed by atoms with Gasteiger partial charge in [-0.05, 0) is 64.9 Å². The Morgan fingerprint density at radius 3 is 1.77 bits per heavy atom. The average Bonchev–Trinajstić information content (AvgIpc) is 3.95. The van der Waals surface area contributed by atoms with Gasteiger partial charge in [0.25, 0.3) is 0 Å². The number of benzene rings is 8. The highest BCUT2D eigenvalue weighted by Crippen LogP contribution is 2.41. The molecule has 0 spiro atoms. The van der Waals surface area contributed by atoms with E-state index in [1.165, 1.54) is 5.39 Å². The zero-order valence-electron chi connectivity index (χ0n) is 31.3. The first-order valence-electron chi connectivity index (χ1n) is 19.3. The van der Waals surface area contributed by atoms with Crippen LogP contribution in [0.15, 0.2) is 179 Å². The summed E-state index contributed by atoms with van der Waals surface area (Å²) in [7, 11) is 0. The number of rotatable bonds is 4. The highest BCUT2D eigenvalue weighted by Gasteiger charge is 2.22. The fourth-order valence-corrected chi connectivity index (χ4v) is 8.26. The standard InChI is InChI=1S/C49H28N4O2.C2H6/c1-2-11-29(12-3-1)47-50-48(33-21-23-37-35-15-6-8-19-42(35)55-45(37)28-33)52-49(51-47)53-41-27-31-14-5-4-13-30(31)25-39(41)38-18-10-17-34(46(38)53)32-22-24-44-40(26-32)36-16-7-9-20-43(36)54-44;1-2/h1-28H;1-2H3. The van der Waals surface area contributed by atoms with Crippen LogP contribution in [0.1, 0.15) is 13.8 Å². The summed E-state index contributed by atoms with van der Waals surface area (Å²) in [6.45, 7) is 4.00. The molecule has 0 atom stereocenters. The van der Waals surface area contributed by atoms with E-state index in [9.17, 15) is 0 Å². The van der Waals surface area contributed by atoms with Crippen LogP contribution in [-0.2, 0) is 0 Å². The van der Waals surface area contributed by atoms with Gasteiger partial charge in [0.1, 0.15) is 22.3 Å². The molecule has 0 aliphatic rings. The second-order valence-corrected chi connectivity index (χ2v) is 14.0. The van der Waals surface area contributed by atoms with Gasteiger partial charge in [0, 0.05) is 49.0 Å². The molecule has 6 nitrogen and oxygen atoms in total. The van der Waals surface area contributed by atoms with Crippen LogP contribution < -0.4 is 0 Å². The van der Waals surface area contributed by atoms with Crippen LogP contribution in [0.4, 0.5) is 0 Å². The molecule has 12 rings (SSSR count). The van der Waals surface area contributed by atoms with Gasteiger partial charge in [0.2, 0.25) is 5.95 Å². The van der Waals surface area contributed by atoms with Crippen molar-refractivity contribution < 1.29 is 8.83 Å². The Balaban J connectivity index is 0.00000184. The van der Waals surface area contributed by atoms with E-state index in [0.717, 1.165) is 93.3 Å². The maximum Gasteiger partial charge on any atom is 0.238 e. The summed E-state index contributed by atoms with van der Waals surface area (Å²) < 4.78 is 14.8. The lowest BCUT2D eigenvalue weighted by atomic mass is 9.99. The highest BCUT2D eigenvalue weighted by molar-refractivity contribution is 6.17. The molecule has 0 N–H and O–H groups in total. The minimum atomic E-state index is 0.533. The molecular weight excluding hydrogens is 701 g/mol. The van der Waals surface area contributed by atoms with Crippen molar-refractivity contribution in [1.29, 1.82) is 0 Å². The zero-order chi connectivity index (χ0) is 38.0. The lowest BCUT2D eigenvalue weighted by Crippen LogP contribution is -2.07. The molecule has 0 aliphatic heterocycles. The van der Waals surface area contributed by atoms with E-state index < -0.39 is 0 Å². The summed E-state index contributed by atoms with van der Waals surface area (Å²) in [6.07, 6.45) is 0. The van der Waals surface area contributed by atoms with Gasteiger partial charge in [-0.1, -0.05) is 135 Å². The lowest BCUT2D eigenvalue weighted by molar-refractivity contribution is 0.668. The first kappa shape index (κ1) is 32.8. The fourth-order valence-electron chi connectivity index (χ4n) is 8.26. The average molecular weight is 735 g/mol. The molecule has 6 heteroatoms. The topological polar surface area (TPSA) is 69.9 Å². The molecule has 0 bridgehead atoms. The third-order valence-electron chi connectivity index (χ3n) is 10.8. The minimum Gasteiger partial charge on any atom is -0.456 e. The fraction of sp³-hybridized carbons (Fsp3) is 0.0392. The van der Waals surface area contributed by atoms with E-state index in [2.05, 4.69) is 108 Å². The molecule has 0 aliphatic carbocycles. The third-order valence-corrected chi connectivity index (χ3v) is 10.8. The Morgan fingerprint density at radius 2 is 0.982 bits per heavy atom. The Kier molecular flexibility index (Phi) is 7.51. The second-order valence-electron chi connectivity index (χ2n) is 14.0. The van der Waals surface area contributed by atoms with Gasteiger partial charge in [-0.3, -0.25) is 4.57 Å². The molecule has 0 fully saturated rings. The van der Waals surface area contributed by atoms with Crippen molar-refractivity contribution in [3.05, 3.63) is 170 Å². The Labute approximate surface area is 327 Å². The van der Waals surface area contributed by atoms with Crippen molar-refractivity contribution in [1.82, 2.24) is 19.5 Å². The van der Waals surface area contributed by atoms with E-state index in [0.29, 0.717) is 17.6 Å². The van der Waals surface area contributed by atoms with Crippen LogP contribution >= 0.6 is 0 Å². The SMILES string of the molecule is CC.c1ccc(-c2nc(-c3ccc4c(c3)oc3ccccc34)nc(-n3c4cc5ccccc5cc4c4cccc(-c5ccc6oc7ccccc7c6c5)c43)n2)cc1. The maximum atomic E-state index is 6.32. The Morgan fingerprint density at radius 1 is 0.386 bits per heavy atom. The summed E-state index contributed by atoms with van der Waals surface area (Å²) >= 11 is 0. The van der Waals surface area contributed by atoms with Crippen LogP contribution in [-0.4, -0.2) is 19.5 Å². The van der Waals surface area contributed by atoms with E-state index in [-0.39, 0.29) is 0 Å². The van der Waals surface area contributed by atoms with Crippen LogP contribution in [0.5, 0.6) is 0 Å². The number of hydrogen-bond donors (Lipinski definition) is 0. The molecule has 270 valence electrons. The lowest BCUT2D eigenvalue weighted by Gasteiger charge is -2.13. The van der Waals surface area contributed by atoms with Crippen molar-refractivity contribution in [3.63, 3.8) is 0 Å². The first-order valence-corrected chi connectivity index (χ1v) is 19.3. The van der Waals surface area contributed by atoms with Gasteiger partial charge in [0.05, 0.1) is 11.0 Å². The Bertz CT molecular complexity index is 3500. The van der Waals surface area contributed by atoms with E-state index >= 15 is 0 Å². The third kappa shape index (κ3) is 5.22. The molecule has 0 radical (unpaired) electrons. The molecule has 4 aromatic heterocycles. The number of para-hydroxylation sites is 3. The quantitative estimate of drug-likeness (QED) is 0.180. The van der Waals surface area contributed by atoms with Gasteiger partial charge >= 0.3 is 0 Å². The van der Waals surface area contributed by atoms with E-state index in [1.807, 2.05) is 80.6 Å². The molecule has 0 unspecified atom stereocenters. The predicted molar refractivity (Wildman–Crippen MR) is 234 cm³/mol. The van der Waals surface area contributed by atoms with Gasteiger partial charge < -0.3 is 8.83 Å². The summed E-state index contributed by atoms with van der Waals surface area (Å²) in [6, 6.07) is 58.7. The van der Waals surface area contributed by atoms with Gasteiger partial charge in [-0.25, -0.2) is 4.98 Å². The normalized spacial score (nSPS) is 11.7. The summed E-state index contributed by atoms with van der Waals surface area (Å²) in [5.74, 6) is 1.68. The number of furan rings is 2. The molecule has 0 amide bonds. The van der Waals surface area contributed by atoms with Crippen LogP contribution in [0.2, 0.25) is 0 Å². The monoisotopic (exact) mass is 734 g/mol. The van der Waals surface area contributed by atoms with Crippen molar-refractivity contribution in [2.75, 3.05) is 0 Å². The van der Waals surface area contributed by atoms with Crippen molar-refractivity contribution >= 4 is 76.5 Å². The predicted octanol–water partition coefficient (Wildman–Crippen LogP) is 13.9. The molecule has 12 aromatic rings. The second kappa shape index (κ2) is 13.0. The number of nitrogens with zero attached hydrogens (tertiary/aromatic N) is 4. The van der Waals surface area contributed by atoms with E-state index in [1.54, 1.807) is 0 Å². The van der Waals surface area contributed by atoms with Gasteiger partial charge in [-0.15, -0.1) is 0 Å². The molecule has 4 heterocycles. The van der Waals surface area contributed by atoms with Crippen LogP contribution in [0.3, 0.4) is 0 Å². The van der Waals surface area contributed by atoms with Crippen molar-refractivity contribution in [2.24, 2.45) is 0 Å². The van der Waals surface area contributed by atoms with Crippen LogP contribution in [0, 0.1) is 0 Å². The maximum absolute atomic E-state index is 6.32. The summed E-state index contributed by atoms with van der Waals surface area (Å²) in [4.78, 5) is 15.7. The molecule has 0 saturated carbocycles. The number of hydrogen-bond acceptors (Lipinski definition) is 5. The van der Waals surface area contributed by atoms with Gasteiger partial charge in [-0.2, -0.15) is 9.97 Å². The molecule has 0 saturated heterocycles. The smallest absolute Gasteiger partial charge is 0.238 e. The molecular formula is C51H34N4O2. The van der Waals surface area contributed by atoms with Crippen molar-refractivity contribution in [3.8, 4) is 39.9 Å². The number of aromatic nitrogens is 4. The molecule has 57 heavy (non-hydrogen) atoms. The highest BCUT2D eigenvalue weighted by atomic mass is 16.3. The Hall–Kier alpha value is -7.57. The summed E-state index contributed by atoms with van der Waals surface area (Å²) in [5.41, 5.74) is 9.29. The minimum absolute atomic E-state index is 0.533. The summed E-state index contributed by atoms with van der Waals surface area (Å²) in [5, 5.41) is 8.85. The zero-order valence-corrected chi connectivity index (χ0v) is 31.3. The first-order chi connectivity index (χ1) is 28.2. The van der Waals surface area contributed by atoms with Crippen LogP contribution in [0.25, 0.3) is 116 Å². The largest absolute Gasteiger partial charge is 0.456 e. The molecule has 8 aromatic carbocycles. The van der Waals surface area contributed by atoms with Gasteiger partial charge in [0.15, 0.2) is 11.6 Å². The number of fused-ring (bicyclic) bond motifs is 10.